The zero-order chi connectivity index (χ0) is 12.8. The number of rotatable bonds is 4. The number of benzene rings is 1. The van der Waals surface area contributed by atoms with Crippen molar-refractivity contribution in [3.05, 3.63) is 35.4 Å². The van der Waals surface area contributed by atoms with Crippen molar-refractivity contribution in [2.75, 3.05) is 14.2 Å². The lowest BCUT2D eigenvalue weighted by Gasteiger charge is -2.06. The zero-order valence-electron chi connectivity index (χ0n) is 9.60. The van der Waals surface area contributed by atoms with Crippen molar-refractivity contribution >= 4 is 11.9 Å². The summed E-state index contributed by atoms with van der Waals surface area (Å²) in [4.78, 5) is 22.0. The standard InChI is InChI=1S/C12H13FO4/c1-16-11(14)9-5-3-8(4-6-9)7-10(13)12(15)17-2/h3-6,10H,7H2,1-2H3/t10-/m0/s1. The summed E-state index contributed by atoms with van der Waals surface area (Å²) in [6.07, 6.45) is -1.77. The van der Waals surface area contributed by atoms with Crippen LogP contribution in [0.5, 0.6) is 0 Å². The van der Waals surface area contributed by atoms with Gasteiger partial charge in [0.15, 0.2) is 0 Å². The summed E-state index contributed by atoms with van der Waals surface area (Å²) in [5.74, 6) is -1.36. The fourth-order valence-corrected chi connectivity index (χ4v) is 1.31. The summed E-state index contributed by atoms with van der Waals surface area (Å²) in [6.45, 7) is 0. The maximum absolute atomic E-state index is 13.2. The molecule has 0 saturated heterocycles. The second-order valence-electron chi connectivity index (χ2n) is 3.38. The Hall–Kier alpha value is -1.91. The van der Waals surface area contributed by atoms with E-state index in [4.69, 9.17) is 0 Å². The largest absolute Gasteiger partial charge is 0.467 e. The molecule has 1 atom stereocenters. The highest BCUT2D eigenvalue weighted by molar-refractivity contribution is 5.89. The Morgan fingerprint density at radius 3 is 2.24 bits per heavy atom. The van der Waals surface area contributed by atoms with E-state index in [1.165, 1.54) is 19.2 Å². The molecule has 17 heavy (non-hydrogen) atoms. The van der Waals surface area contributed by atoms with Gasteiger partial charge >= 0.3 is 11.9 Å². The highest BCUT2D eigenvalue weighted by Gasteiger charge is 2.18. The van der Waals surface area contributed by atoms with Crippen LogP contribution in [0.2, 0.25) is 0 Å². The van der Waals surface area contributed by atoms with Gasteiger partial charge in [-0.2, -0.15) is 0 Å². The molecule has 0 aromatic heterocycles. The summed E-state index contributed by atoms with van der Waals surface area (Å²) < 4.78 is 22.0. The first-order valence-electron chi connectivity index (χ1n) is 4.97. The maximum Gasteiger partial charge on any atom is 0.340 e. The van der Waals surface area contributed by atoms with E-state index in [9.17, 15) is 14.0 Å². The van der Waals surface area contributed by atoms with E-state index >= 15 is 0 Å². The molecule has 4 nitrogen and oxygen atoms in total. The van der Waals surface area contributed by atoms with Crippen LogP contribution in [0.4, 0.5) is 4.39 Å². The van der Waals surface area contributed by atoms with E-state index in [-0.39, 0.29) is 6.42 Å². The number of ether oxygens (including phenoxy) is 2. The minimum Gasteiger partial charge on any atom is -0.467 e. The molecule has 92 valence electrons. The highest BCUT2D eigenvalue weighted by atomic mass is 19.1. The molecule has 1 aromatic carbocycles. The molecule has 5 heteroatoms. The molecule has 0 aliphatic carbocycles. The number of hydrogen-bond acceptors (Lipinski definition) is 4. The molecule has 0 N–H and O–H groups in total. The number of carbonyl (C=O) groups excluding carboxylic acids is 2. The Bertz CT molecular complexity index is 399. The molecule has 0 fully saturated rings. The molecule has 1 rings (SSSR count). The van der Waals surface area contributed by atoms with Crippen molar-refractivity contribution in [1.29, 1.82) is 0 Å². The van der Waals surface area contributed by atoms with Gasteiger partial charge in [-0.15, -0.1) is 0 Å². The molecule has 0 aliphatic rings. The molecular formula is C12H13FO4. The molecule has 0 aliphatic heterocycles. The fourth-order valence-electron chi connectivity index (χ4n) is 1.31. The van der Waals surface area contributed by atoms with E-state index in [0.717, 1.165) is 7.11 Å². The molecule has 1 aromatic rings. The van der Waals surface area contributed by atoms with E-state index in [1.807, 2.05) is 0 Å². The van der Waals surface area contributed by atoms with E-state index in [1.54, 1.807) is 12.1 Å². The molecule has 0 spiro atoms. The van der Waals surface area contributed by atoms with Crippen LogP contribution in [-0.4, -0.2) is 32.3 Å². The predicted octanol–water partition coefficient (Wildman–Crippen LogP) is 1.53. The number of alkyl halides is 1. The number of hydrogen-bond donors (Lipinski definition) is 0. The summed E-state index contributed by atoms with van der Waals surface area (Å²) in [5.41, 5.74) is 0.986. The van der Waals surface area contributed by atoms with Crippen molar-refractivity contribution in [2.45, 2.75) is 12.6 Å². The number of halogens is 1. The van der Waals surface area contributed by atoms with Gasteiger partial charge in [0, 0.05) is 6.42 Å². The summed E-state index contributed by atoms with van der Waals surface area (Å²) >= 11 is 0. The number of carbonyl (C=O) groups is 2. The molecule has 0 saturated carbocycles. The van der Waals surface area contributed by atoms with Gasteiger partial charge in [-0.25, -0.2) is 14.0 Å². The van der Waals surface area contributed by atoms with E-state index in [2.05, 4.69) is 9.47 Å². The van der Waals surface area contributed by atoms with Gasteiger partial charge in [0.05, 0.1) is 19.8 Å². The lowest BCUT2D eigenvalue weighted by Crippen LogP contribution is -2.19. The first-order chi connectivity index (χ1) is 8.08. The second kappa shape index (κ2) is 5.98. The Morgan fingerprint density at radius 1 is 1.18 bits per heavy atom. The first kappa shape index (κ1) is 13.2. The van der Waals surface area contributed by atoms with Crippen LogP contribution in [0.25, 0.3) is 0 Å². The topological polar surface area (TPSA) is 52.6 Å². The van der Waals surface area contributed by atoms with Crippen LogP contribution in [-0.2, 0) is 20.7 Å². The van der Waals surface area contributed by atoms with Crippen LogP contribution < -0.4 is 0 Å². The number of methoxy groups -OCH3 is 2. The summed E-state index contributed by atoms with van der Waals surface area (Å²) in [5, 5.41) is 0. The number of esters is 2. The molecule has 0 heterocycles. The molecule has 0 amide bonds. The molecule has 0 bridgehead atoms. The Labute approximate surface area is 98.3 Å². The van der Waals surface area contributed by atoms with E-state index < -0.39 is 18.1 Å². The summed E-state index contributed by atoms with van der Waals surface area (Å²) in [6, 6.07) is 6.18. The monoisotopic (exact) mass is 240 g/mol. The van der Waals surface area contributed by atoms with Crippen LogP contribution >= 0.6 is 0 Å². The van der Waals surface area contributed by atoms with Crippen molar-refractivity contribution < 1.29 is 23.5 Å². The van der Waals surface area contributed by atoms with Crippen LogP contribution in [0, 0.1) is 0 Å². The van der Waals surface area contributed by atoms with Gasteiger partial charge < -0.3 is 9.47 Å². The Morgan fingerprint density at radius 2 is 1.76 bits per heavy atom. The van der Waals surface area contributed by atoms with Gasteiger partial charge in [0.2, 0.25) is 6.17 Å². The minimum absolute atomic E-state index is 0.0753. The molecule has 0 radical (unpaired) electrons. The van der Waals surface area contributed by atoms with Gasteiger partial charge in [-0.1, -0.05) is 12.1 Å². The van der Waals surface area contributed by atoms with Gasteiger partial charge in [0.25, 0.3) is 0 Å². The lowest BCUT2D eigenvalue weighted by molar-refractivity contribution is -0.146. The third kappa shape index (κ3) is 3.55. The van der Waals surface area contributed by atoms with Crippen molar-refractivity contribution in [2.24, 2.45) is 0 Å². The fraction of sp³-hybridized carbons (Fsp3) is 0.333. The predicted molar refractivity (Wildman–Crippen MR) is 58.4 cm³/mol. The second-order valence-corrected chi connectivity index (χ2v) is 3.38. The van der Waals surface area contributed by atoms with Crippen LogP contribution in [0.1, 0.15) is 15.9 Å². The smallest absolute Gasteiger partial charge is 0.340 e. The SMILES string of the molecule is COC(=O)c1ccc(C[C@H](F)C(=O)OC)cc1. The quantitative estimate of drug-likeness (QED) is 0.749. The van der Waals surface area contributed by atoms with Crippen LogP contribution in [0.15, 0.2) is 24.3 Å². The van der Waals surface area contributed by atoms with Gasteiger partial charge in [-0.3, -0.25) is 0 Å². The Kier molecular flexibility index (Phi) is 4.63. The Balaban J connectivity index is 2.68. The molecular weight excluding hydrogens is 227 g/mol. The summed E-state index contributed by atoms with van der Waals surface area (Å²) in [7, 11) is 2.42. The van der Waals surface area contributed by atoms with E-state index in [0.29, 0.717) is 11.1 Å². The van der Waals surface area contributed by atoms with Crippen LogP contribution in [0.3, 0.4) is 0 Å². The molecule has 0 unspecified atom stereocenters. The third-order valence-electron chi connectivity index (χ3n) is 2.25. The highest BCUT2D eigenvalue weighted by Crippen LogP contribution is 2.10. The van der Waals surface area contributed by atoms with Crippen molar-refractivity contribution in [1.82, 2.24) is 0 Å². The van der Waals surface area contributed by atoms with Gasteiger partial charge in [-0.05, 0) is 17.7 Å². The minimum atomic E-state index is -1.69. The average Bonchev–Trinajstić information content (AvgIpc) is 2.37. The van der Waals surface area contributed by atoms with Crippen molar-refractivity contribution in [3.63, 3.8) is 0 Å². The third-order valence-corrected chi connectivity index (χ3v) is 2.25. The zero-order valence-corrected chi connectivity index (χ0v) is 9.60. The van der Waals surface area contributed by atoms with Gasteiger partial charge in [0.1, 0.15) is 0 Å². The first-order valence-corrected chi connectivity index (χ1v) is 4.97. The maximum atomic E-state index is 13.2. The average molecular weight is 240 g/mol. The lowest BCUT2D eigenvalue weighted by atomic mass is 10.1. The normalized spacial score (nSPS) is 11.7. The van der Waals surface area contributed by atoms with Crippen molar-refractivity contribution in [3.8, 4) is 0 Å².